The standard InChI is InChI=1S/C19H17N3O2/c1-13(23)22-9-8-16-10-17(6-7-18(16)22)19(24)21-12-15-4-2-14(11-20)3-5-15/h2-7,10H,8-9,12H2,1H3,(H,21,24). The van der Waals surface area contributed by atoms with E-state index in [0.717, 1.165) is 23.2 Å². The largest absolute Gasteiger partial charge is 0.348 e. The predicted molar refractivity (Wildman–Crippen MR) is 90.5 cm³/mol. The van der Waals surface area contributed by atoms with Gasteiger partial charge in [-0.05, 0) is 47.9 Å². The Morgan fingerprint density at radius 1 is 1.21 bits per heavy atom. The lowest BCUT2D eigenvalue weighted by atomic mass is 10.1. The van der Waals surface area contributed by atoms with Gasteiger partial charge in [0.25, 0.3) is 5.91 Å². The van der Waals surface area contributed by atoms with Crippen LogP contribution in [-0.2, 0) is 17.8 Å². The Labute approximate surface area is 140 Å². The lowest BCUT2D eigenvalue weighted by Gasteiger charge is -2.14. The molecule has 5 nitrogen and oxygen atoms in total. The van der Waals surface area contributed by atoms with E-state index < -0.39 is 0 Å². The summed E-state index contributed by atoms with van der Waals surface area (Å²) in [5, 5.41) is 11.7. The zero-order valence-electron chi connectivity index (χ0n) is 13.4. The van der Waals surface area contributed by atoms with E-state index in [1.807, 2.05) is 24.3 Å². The van der Waals surface area contributed by atoms with E-state index in [-0.39, 0.29) is 11.8 Å². The van der Waals surface area contributed by atoms with Gasteiger partial charge in [0.1, 0.15) is 0 Å². The second-order valence-corrected chi connectivity index (χ2v) is 5.76. The van der Waals surface area contributed by atoms with Crippen LogP contribution in [0.1, 0.15) is 34.0 Å². The van der Waals surface area contributed by atoms with Crippen molar-refractivity contribution in [2.45, 2.75) is 19.9 Å². The molecule has 1 aliphatic rings. The Bertz CT molecular complexity index is 835. The number of nitrogens with one attached hydrogen (secondary N) is 1. The lowest BCUT2D eigenvalue weighted by molar-refractivity contribution is -0.116. The third kappa shape index (κ3) is 3.13. The van der Waals surface area contributed by atoms with Gasteiger partial charge in [0.05, 0.1) is 11.6 Å². The summed E-state index contributed by atoms with van der Waals surface area (Å²) in [5.41, 5.74) is 4.04. The number of carbonyl (C=O) groups excluding carboxylic acids is 2. The Kier molecular flexibility index (Phi) is 4.30. The number of carbonyl (C=O) groups is 2. The minimum atomic E-state index is -0.150. The number of hydrogen-bond donors (Lipinski definition) is 1. The van der Waals surface area contributed by atoms with E-state index in [4.69, 9.17) is 5.26 Å². The van der Waals surface area contributed by atoms with Crippen molar-refractivity contribution in [3.05, 3.63) is 64.7 Å². The zero-order valence-corrected chi connectivity index (χ0v) is 13.4. The fourth-order valence-corrected chi connectivity index (χ4v) is 2.85. The van der Waals surface area contributed by atoms with Gasteiger partial charge >= 0.3 is 0 Å². The average Bonchev–Trinajstić information content (AvgIpc) is 3.03. The van der Waals surface area contributed by atoms with Crippen LogP contribution in [0.5, 0.6) is 0 Å². The first-order valence-electron chi connectivity index (χ1n) is 7.77. The van der Waals surface area contributed by atoms with Crippen molar-refractivity contribution in [2.75, 3.05) is 11.4 Å². The summed E-state index contributed by atoms with van der Waals surface area (Å²) in [4.78, 5) is 25.6. The number of nitriles is 1. The van der Waals surface area contributed by atoms with E-state index in [2.05, 4.69) is 11.4 Å². The van der Waals surface area contributed by atoms with Crippen LogP contribution in [0.2, 0.25) is 0 Å². The fourth-order valence-electron chi connectivity index (χ4n) is 2.85. The highest BCUT2D eigenvalue weighted by Crippen LogP contribution is 2.28. The average molecular weight is 319 g/mol. The third-order valence-electron chi connectivity index (χ3n) is 4.15. The Morgan fingerprint density at radius 2 is 1.96 bits per heavy atom. The van der Waals surface area contributed by atoms with Gasteiger partial charge in [0.15, 0.2) is 0 Å². The molecule has 0 aliphatic carbocycles. The Balaban J connectivity index is 1.67. The van der Waals surface area contributed by atoms with Crippen LogP contribution >= 0.6 is 0 Å². The number of anilines is 1. The molecule has 0 unspecified atom stereocenters. The van der Waals surface area contributed by atoms with Gasteiger partial charge < -0.3 is 10.2 Å². The third-order valence-corrected chi connectivity index (χ3v) is 4.15. The molecule has 0 saturated heterocycles. The first-order chi connectivity index (χ1) is 11.6. The van der Waals surface area contributed by atoms with E-state index in [1.165, 1.54) is 0 Å². The minimum Gasteiger partial charge on any atom is -0.348 e. The van der Waals surface area contributed by atoms with Crippen molar-refractivity contribution in [2.24, 2.45) is 0 Å². The van der Waals surface area contributed by atoms with Crippen LogP contribution in [-0.4, -0.2) is 18.4 Å². The molecule has 24 heavy (non-hydrogen) atoms. The quantitative estimate of drug-likeness (QED) is 0.944. The molecule has 0 aromatic heterocycles. The first kappa shape index (κ1) is 15.8. The maximum absolute atomic E-state index is 12.3. The maximum atomic E-state index is 12.3. The van der Waals surface area contributed by atoms with Gasteiger partial charge in [-0.1, -0.05) is 12.1 Å². The summed E-state index contributed by atoms with van der Waals surface area (Å²) in [7, 11) is 0. The molecule has 5 heteroatoms. The molecule has 1 heterocycles. The SMILES string of the molecule is CC(=O)N1CCc2cc(C(=O)NCc3ccc(C#N)cc3)ccc21. The van der Waals surface area contributed by atoms with Crippen LogP contribution < -0.4 is 10.2 Å². The van der Waals surface area contributed by atoms with Crippen molar-refractivity contribution < 1.29 is 9.59 Å². The van der Waals surface area contributed by atoms with Crippen LogP contribution in [0.3, 0.4) is 0 Å². The number of nitrogens with zero attached hydrogens (tertiary/aromatic N) is 2. The predicted octanol–water partition coefficient (Wildman–Crippen LogP) is 2.40. The molecule has 0 spiro atoms. The topological polar surface area (TPSA) is 73.2 Å². The van der Waals surface area contributed by atoms with Gasteiger partial charge in [-0.25, -0.2) is 0 Å². The first-order valence-corrected chi connectivity index (χ1v) is 7.77. The van der Waals surface area contributed by atoms with Gasteiger partial charge in [0, 0.05) is 31.3 Å². The van der Waals surface area contributed by atoms with E-state index in [1.54, 1.807) is 30.0 Å². The van der Waals surface area contributed by atoms with E-state index >= 15 is 0 Å². The molecule has 2 amide bonds. The number of fused-ring (bicyclic) bond motifs is 1. The van der Waals surface area contributed by atoms with Crippen LogP contribution in [0.15, 0.2) is 42.5 Å². The summed E-state index contributed by atoms with van der Waals surface area (Å²) in [6.07, 6.45) is 0.769. The smallest absolute Gasteiger partial charge is 0.251 e. The van der Waals surface area contributed by atoms with Crippen LogP contribution in [0.4, 0.5) is 5.69 Å². The van der Waals surface area contributed by atoms with E-state index in [9.17, 15) is 9.59 Å². The normalized spacial score (nSPS) is 12.4. The molecule has 1 N–H and O–H groups in total. The number of rotatable bonds is 3. The summed E-state index contributed by atoms with van der Waals surface area (Å²) in [6.45, 7) is 2.62. The second-order valence-electron chi connectivity index (χ2n) is 5.76. The van der Waals surface area contributed by atoms with E-state index in [0.29, 0.717) is 24.2 Å². The van der Waals surface area contributed by atoms with Gasteiger partial charge in [-0.2, -0.15) is 5.26 Å². The van der Waals surface area contributed by atoms with Crippen LogP contribution in [0.25, 0.3) is 0 Å². The summed E-state index contributed by atoms with van der Waals surface area (Å²) >= 11 is 0. The number of amides is 2. The molecule has 0 saturated carbocycles. The fraction of sp³-hybridized carbons (Fsp3) is 0.211. The summed E-state index contributed by atoms with van der Waals surface area (Å²) in [5.74, 6) is -0.129. The Hall–Kier alpha value is -3.13. The molecule has 120 valence electrons. The van der Waals surface area contributed by atoms with Crippen molar-refractivity contribution in [1.29, 1.82) is 5.26 Å². The lowest BCUT2D eigenvalue weighted by Crippen LogP contribution is -2.26. The zero-order chi connectivity index (χ0) is 17.1. The molecule has 3 rings (SSSR count). The molecule has 0 radical (unpaired) electrons. The highest BCUT2D eigenvalue weighted by atomic mass is 16.2. The molecule has 1 aliphatic heterocycles. The molecule has 2 aromatic rings. The second kappa shape index (κ2) is 6.55. The highest BCUT2D eigenvalue weighted by Gasteiger charge is 2.23. The van der Waals surface area contributed by atoms with Crippen LogP contribution in [0, 0.1) is 11.3 Å². The maximum Gasteiger partial charge on any atom is 0.251 e. The Morgan fingerprint density at radius 3 is 2.62 bits per heavy atom. The molecular weight excluding hydrogens is 302 g/mol. The van der Waals surface area contributed by atoms with Crippen molar-refractivity contribution in [3.63, 3.8) is 0 Å². The van der Waals surface area contributed by atoms with Crippen molar-refractivity contribution in [1.82, 2.24) is 5.32 Å². The summed E-state index contributed by atoms with van der Waals surface area (Å²) in [6, 6.07) is 14.6. The van der Waals surface area contributed by atoms with Gasteiger partial charge in [-0.15, -0.1) is 0 Å². The number of benzene rings is 2. The summed E-state index contributed by atoms with van der Waals surface area (Å²) < 4.78 is 0. The molecule has 2 aromatic carbocycles. The molecule has 0 bridgehead atoms. The molecular formula is C19H17N3O2. The van der Waals surface area contributed by atoms with Gasteiger partial charge in [-0.3, -0.25) is 9.59 Å². The molecule has 0 atom stereocenters. The number of hydrogen-bond acceptors (Lipinski definition) is 3. The van der Waals surface area contributed by atoms with Crippen molar-refractivity contribution >= 4 is 17.5 Å². The highest BCUT2D eigenvalue weighted by molar-refractivity contribution is 5.97. The van der Waals surface area contributed by atoms with Crippen molar-refractivity contribution in [3.8, 4) is 6.07 Å². The minimum absolute atomic E-state index is 0.0202. The monoisotopic (exact) mass is 319 g/mol. The molecule has 0 fully saturated rings. The van der Waals surface area contributed by atoms with Gasteiger partial charge in [0.2, 0.25) is 5.91 Å².